The van der Waals surface area contributed by atoms with Gasteiger partial charge in [-0.3, -0.25) is 9.13 Å². The summed E-state index contributed by atoms with van der Waals surface area (Å²) in [6.45, 7) is 4.16. The van der Waals surface area contributed by atoms with Gasteiger partial charge in [0.1, 0.15) is 0 Å². The summed E-state index contributed by atoms with van der Waals surface area (Å²) in [6, 6.07) is 19.0. The molecule has 180 valence electrons. The molecule has 1 aromatic heterocycles. The van der Waals surface area contributed by atoms with E-state index in [1.807, 2.05) is 10.6 Å². The molecule has 0 N–H and O–H groups in total. The maximum atomic E-state index is 13.6. The lowest BCUT2D eigenvalue weighted by Crippen LogP contribution is -2.41. The van der Waals surface area contributed by atoms with Crippen molar-refractivity contribution in [1.82, 2.24) is 14.0 Å². The van der Waals surface area contributed by atoms with Crippen LogP contribution in [0.5, 0.6) is 0 Å². The number of fused-ring (bicyclic) bond motifs is 2. The molecule has 0 spiro atoms. The standard InChI is InChI=1S/C30H39N3O/c34-30-32(22-23-8-2-1-3-9-23)28-12-6-7-13-29(28)33(30)27-16-18-31(19-17-27)21-24-14-15-25-10-4-5-11-26(25)20-24/h1-3,6-9,12-13,24-27H,4-5,10-11,14-22H2. The molecule has 1 saturated heterocycles. The zero-order valence-corrected chi connectivity index (χ0v) is 20.4. The van der Waals surface area contributed by atoms with E-state index < -0.39 is 0 Å². The van der Waals surface area contributed by atoms with Crippen molar-refractivity contribution in [2.24, 2.45) is 17.8 Å². The lowest BCUT2D eigenvalue weighted by molar-refractivity contribution is 0.0895. The van der Waals surface area contributed by atoms with Gasteiger partial charge in [-0.05, 0) is 67.6 Å². The SMILES string of the molecule is O=c1n(Cc2ccccc2)c2ccccc2n1C1CCN(CC2CCC3CCCCC3C2)CC1. The highest BCUT2D eigenvalue weighted by molar-refractivity contribution is 5.76. The Morgan fingerprint density at radius 3 is 2.24 bits per heavy atom. The average molecular weight is 458 g/mol. The fourth-order valence-corrected chi connectivity index (χ4v) is 7.37. The molecule has 2 heterocycles. The Morgan fingerprint density at radius 2 is 1.44 bits per heavy atom. The van der Waals surface area contributed by atoms with Crippen molar-refractivity contribution in [3.8, 4) is 0 Å². The predicted molar refractivity (Wildman–Crippen MR) is 139 cm³/mol. The Labute approximate surface area is 203 Å². The summed E-state index contributed by atoms with van der Waals surface area (Å²) in [5.41, 5.74) is 3.48. The maximum absolute atomic E-state index is 13.6. The van der Waals surface area contributed by atoms with Gasteiger partial charge < -0.3 is 4.90 Å². The van der Waals surface area contributed by atoms with Gasteiger partial charge >= 0.3 is 5.69 Å². The summed E-state index contributed by atoms with van der Waals surface area (Å²) in [5.74, 6) is 2.95. The Morgan fingerprint density at radius 1 is 0.735 bits per heavy atom. The fourth-order valence-electron chi connectivity index (χ4n) is 7.37. The zero-order valence-electron chi connectivity index (χ0n) is 20.4. The number of aromatic nitrogens is 2. The molecule has 6 rings (SSSR count). The molecule has 0 radical (unpaired) electrons. The van der Waals surface area contributed by atoms with Gasteiger partial charge in [0, 0.05) is 25.7 Å². The van der Waals surface area contributed by atoms with Crippen LogP contribution >= 0.6 is 0 Å². The molecular formula is C30H39N3O. The number of hydrogen-bond donors (Lipinski definition) is 0. The largest absolute Gasteiger partial charge is 0.329 e. The van der Waals surface area contributed by atoms with Crippen LogP contribution in [-0.4, -0.2) is 33.7 Å². The summed E-state index contributed by atoms with van der Waals surface area (Å²) in [5, 5.41) is 0. The van der Waals surface area contributed by atoms with Crippen LogP contribution in [-0.2, 0) is 6.54 Å². The minimum absolute atomic E-state index is 0.152. The summed E-state index contributed by atoms with van der Waals surface area (Å²) in [4.78, 5) is 16.3. The first kappa shape index (κ1) is 22.2. The number of imidazole rings is 1. The van der Waals surface area contributed by atoms with E-state index >= 15 is 0 Å². The first-order valence-electron chi connectivity index (χ1n) is 13.7. The Balaban J connectivity index is 1.15. The van der Waals surface area contributed by atoms with Crippen molar-refractivity contribution >= 4 is 11.0 Å². The van der Waals surface area contributed by atoms with E-state index in [0.29, 0.717) is 12.6 Å². The van der Waals surface area contributed by atoms with Gasteiger partial charge in [0.05, 0.1) is 17.6 Å². The molecule has 3 atom stereocenters. The fraction of sp³-hybridized carbons (Fsp3) is 0.567. The molecule has 34 heavy (non-hydrogen) atoms. The Hall–Kier alpha value is -2.33. The summed E-state index contributed by atoms with van der Waals surface area (Å²) in [7, 11) is 0. The van der Waals surface area contributed by atoms with Crippen molar-refractivity contribution in [1.29, 1.82) is 0 Å². The van der Waals surface area contributed by atoms with Crippen LogP contribution in [0.25, 0.3) is 11.0 Å². The Bertz CT molecular complexity index is 1150. The molecule has 3 fully saturated rings. The van der Waals surface area contributed by atoms with E-state index in [4.69, 9.17) is 0 Å². The topological polar surface area (TPSA) is 30.2 Å². The molecule has 1 aliphatic heterocycles. The van der Waals surface area contributed by atoms with Gasteiger partial charge in [-0.2, -0.15) is 0 Å². The molecule has 2 aliphatic carbocycles. The third-order valence-corrected chi connectivity index (χ3v) is 9.14. The van der Waals surface area contributed by atoms with Crippen LogP contribution in [0.3, 0.4) is 0 Å². The monoisotopic (exact) mass is 457 g/mol. The van der Waals surface area contributed by atoms with Gasteiger partial charge in [0.25, 0.3) is 0 Å². The normalized spacial score (nSPS) is 26.5. The molecule has 3 unspecified atom stereocenters. The van der Waals surface area contributed by atoms with E-state index in [9.17, 15) is 4.79 Å². The predicted octanol–water partition coefficient (Wildman–Crippen LogP) is 6.09. The van der Waals surface area contributed by atoms with Gasteiger partial charge in [0.15, 0.2) is 0 Å². The molecule has 0 bridgehead atoms. The summed E-state index contributed by atoms with van der Waals surface area (Å²) in [6.07, 6.45) is 12.5. The van der Waals surface area contributed by atoms with E-state index in [1.54, 1.807) is 0 Å². The van der Waals surface area contributed by atoms with Gasteiger partial charge in [-0.1, -0.05) is 68.1 Å². The van der Waals surface area contributed by atoms with Crippen molar-refractivity contribution < 1.29 is 0 Å². The smallest absolute Gasteiger partial charge is 0.303 e. The molecule has 2 saturated carbocycles. The highest BCUT2D eigenvalue weighted by Crippen LogP contribution is 2.43. The van der Waals surface area contributed by atoms with Gasteiger partial charge in [-0.15, -0.1) is 0 Å². The third-order valence-electron chi connectivity index (χ3n) is 9.14. The zero-order chi connectivity index (χ0) is 22.9. The van der Waals surface area contributed by atoms with Crippen LogP contribution in [0.15, 0.2) is 59.4 Å². The maximum Gasteiger partial charge on any atom is 0.329 e. The van der Waals surface area contributed by atoms with Crippen molar-refractivity contribution in [2.45, 2.75) is 70.4 Å². The number of hydrogen-bond acceptors (Lipinski definition) is 2. The highest BCUT2D eigenvalue weighted by Gasteiger charge is 2.33. The number of benzene rings is 2. The Kier molecular flexibility index (Phi) is 6.34. The van der Waals surface area contributed by atoms with Crippen molar-refractivity contribution in [3.63, 3.8) is 0 Å². The molecule has 4 nitrogen and oxygen atoms in total. The van der Waals surface area contributed by atoms with Crippen molar-refractivity contribution in [2.75, 3.05) is 19.6 Å². The second-order valence-corrected chi connectivity index (χ2v) is 11.2. The minimum Gasteiger partial charge on any atom is -0.303 e. The highest BCUT2D eigenvalue weighted by atomic mass is 16.1. The first-order valence-corrected chi connectivity index (χ1v) is 13.7. The van der Waals surface area contributed by atoms with Gasteiger partial charge in [0.2, 0.25) is 0 Å². The second kappa shape index (κ2) is 9.73. The van der Waals surface area contributed by atoms with E-state index in [-0.39, 0.29) is 5.69 Å². The molecule has 3 aliphatic rings. The number of nitrogens with zero attached hydrogens (tertiary/aromatic N) is 3. The van der Waals surface area contributed by atoms with Crippen LogP contribution in [0, 0.1) is 17.8 Å². The molecule has 2 aromatic carbocycles. The quantitative estimate of drug-likeness (QED) is 0.464. The molecule has 0 amide bonds. The van der Waals surface area contributed by atoms with E-state index in [2.05, 4.69) is 58.0 Å². The van der Waals surface area contributed by atoms with Crippen LogP contribution in [0.1, 0.15) is 69.4 Å². The lowest BCUT2D eigenvalue weighted by Gasteiger charge is -2.42. The average Bonchev–Trinajstić information content (AvgIpc) is 3.16. The summed E-state index contributed by atoms with van der Waals surface area (Å²) < 4.78 is 4.09. The van der Waals surface area contributed by atoms with Crippen LogP contribution in [0.4, 0.5) is 0 Å². The number of likely N-dealkylation sites (tertiary alicyclic amines) is 1. The first-order chi connectivity index (χ1) is 16.8. The second-order valence-electron chi connectivity index (χ2n) is 11.2. The molecule has 3 aromatic rings. The van der Waals surface area contributed by atoms with E-state index in [1.165, 1.54) is 57.1 Å². The number of rotatable bonds is 5. The van der Waals surface area contributed by atoms with Crippen LogP contribution in [0.2, 0.25) is 0 Å². The van der Waals surface area contributed by atoms with E-state index in [0.717, 1.165) is 54.7 Å². The summed E-state index contributed by atoms with van der Waals surface area (Å²) >= 11 is 0. The molecule has 4 heteroatoms. The third kappa shape index (κ3) is 4.37. The van der Waals surface area contributed by atoms with Gasteiger partial charge in [-0.25, -0.2) is 4.79 Å². The lowest BCUT2D eigenvalue weighted by atomic mass is 9.67. The van der Waals surface area contributed by atoms with Crippen LogP contribution < -0.4 is 5.69 Å². The van der Waals surface area contributed by atoms with Crippen molar-refractivity contribution in [3.05, 3.63) is 70.6 Å². The molecular weight excluding hydrogens is 418 g/mol. The number of piperidine rings is 1. The minimum atomic E-state index is 0.152. The number of para-hydroxylation sites is 2.